The average molecular weight is 282 g/mol. The molecule has 0 aromatic carbocycles. The SMILES string of the molecule is C=C(C)C(=O)OCCCC1CCCC(COC(C)=O)C1. The van der Waals surface area contributed by atoms with Crippen LogP contribution in [0.5, 0.6) is 0 Å². The van der Waals surface area contributed by atoms with E-state index in [0.29, 0.717) is 30.6 Å². The molecule has 0 aromatic heterocycles. The van der Waals surface area contributed by atoms with Gasteiger partial charge in [0.25, 0.3) is 0 Å². The summed E-state index contributed by atoms with van der Waals surface area (Å²) in [7, 11) is 0. The number of hydrogen-bond acceptors (Lipinski definition) is 4. The van der Waals surface area contributed by atoms with E-state index < -0.39 is 0 Å². The Morgan fingerprint density at radius 1 is 1.15 bits per heavy atom. The second-order valence-corrected chi connectivity index (χ2v) is 5.76. The molecule has 20 heavy (non-hydrogen) atoms. The van der Waals surface area contributed by atoms with E-state index in [1.54, 1.807) is 6.92 Å². The number of rotatable bonds is 7. The van der Waals surface area contributed by atoms with Crippen molar-refractivity contribution in [3.63, 3.8) is 0 Å². The Balaban J connectivity index is 2.15. The van der Waals surface area contributed by atoms with Crippen molar-refractivity contribution in [2.24, 2.45) is 11.8 Å². The number of carbonyl (C=O) groups is 2. The molecule has 114 valence electrons. The second-order valence-electron chi connectivity index (χ2n) is 5.76. The monoisotopic (exact) mass is 282 g/mol. The van der Waals surface area contributed by atoms with E-state index in [1.807, 2.05) is 0 Å². The first kappa shape index (κ1) is 16.7. The molecule has 1 rings (SSSR count). The Bertz CT molecular complexity index is 348. The fraction of sp³-hybridized carbons (Fsp3) is 0.750. The Morgan fingerprint density at radius 3 is 2.50 bits per heavy atom. The van der Waals surface area contributed by atoms with Crippen molar-refractivity contribution in [1.82, 2.24) is 0 Å². The van der Waals surface area contributed by atoms with Crippen LogP contribution in [-0.2, 0) is 19.1 Å². The molecule has 0 spiro atoms. The molecule has 0 aliphatic heterocycles. The van der Waals surface area contributed by atoms with Crippen LogP contribution in [0.15, 0.2) is 12.2 Å². The van der Waals surface area contributed by atoms with E-state index in [2.05, 4.69) is 6.58 Å². The second kappa shape index (κ2) is 8.77. The molecule has 1 saturated carbocycles. The molecule has 1 aliphatic carbocycles. The first-order valence-corrected chi connectivity index (χ1v) is 7.45. The number of ether oxygens (including phenoxy) is 2. The van der Waals surface area contributed by atoms with Crippen molar-refractivity contribution in [3.05, 3.63) is 12.2 Å². The van der Waals surface area contributed by atoms with Crippen LogP contribution in [0.25, 0.3) is 0 Å². The smallest absolute Gasteiger partial charge is 0.333 e. The summed E-state index contributed by atoms with van der Waals surface area (Å²) < 4.78 is 10.2. The zero-order valence-corrected chi connectivity index (χ0v) is 12.7. The molecule has 0 N–H and O–H groups in total. The van der Waals surface area contributed by atoms with Crippen LogP contribution in [-0.4, -0.2) is 25.2 Å². The van der Waals surface area contributed by atoms with Gasteiger partial charge >= 0.3 is 11.9 Å². The Hall–Kier alpha value is -1.32. The molecule has 2 unspecified atom stereocenters. The van der Waals surface area contributed by atoms with Crippen molar-refractivity contribution in [3.8, 4) is 0 Å². The highest BCUT2D eigenvalue weighted by Crippen LogP contribution is 2.32. The molecule has 1 fully saturated rings. The summed E-state index contributed by atoms with van der Waals surface area (Å²) >= 11 is 0. The Kier molecular flexibility index (Phi) is 7.34. The normalized spacial score (nSPS) is 22.1. The standard InChI is InChI=1S/C16H26O4/c1-12(2)16(18)19-9-5-8-14-6-4-7-15(10-14)11-20-13(3)17/h14-15H,1,4-11H2,2-3H3. The molecule has 0 radical (unpaired) electrons. The molecule has 0 bridgehead atoms. The van der Waals surface area contributed by atoms with Gasteiger partial charge in [-0.05, 0) is 44.4 Å². The van der Waals surface area contributed by atoms with Gasteiger partial charge in [-0.15, -0.1) is 0 Å². The van der Waals surface area contributed by atoms with Gasteiger partial charge in [0.15, 0.2) is 0 Å². The maximum atomic E-state index is 11.2. The van der Waals surface area contributed by atoms with Gasteiger partial charge in [0.1, 0.15) is 0 Å². The van der Waals surface area contributed by atoms with Gasteiger partial charge < -0.3 is 9.47 Å². The highest BCUT2D eigenvalue weighted by molar-refractivity contribution is 5.86. The lowest BCUT2D eigenvalue weighted by molar-refractivity contribution is -0.142. The van der Waals surface area contributed by atoms with E-state index in [4.69, 9.17) is 9.47 Å². The van der Waals surface area contributed by atoms with Crippen LogP contribution < -0.4 is 0 Å². The molecule has 0 aromatic rings. The fourth-order valence-electron chi connectivity index (χ4n) is 2.71. The predicted octanol–water partition coefficient (Wildman–Crippen LogP) is 3.26. The zero-order chi connectivity index (χ0) is 15.0. The van der Waals surface area contributed by atoms with Crippen LogP contribution in [0, 0.1) is 11.8 Å². The summed E-state index contributed by atoms with van der Waals surface area (Å²) in [6, 6.07) is 0. The molecular weight excluding hydrogens is 256 g/mol. The van der Waals surface area contributed by atoms with Gasteiger partial charge in [0, 0.05) is 12.5 Å². The van der Waals surface area contributed by atoms with E-state index in [0.717, 1.165) is 25.7 Å². The third-order valence-electron chi connectivity index (χ3n) is 3.75. The molecular formula is C16H26O4. The van der Waals surface area contributed by atoms with Crippen LogP contribution in [0.2, 0.25) is 0 Å². The largest absolute Gasteiger partial charge is 0.466 e. The summed E-state index contributed by atoms with van der Waals surface area (Å²) in [6.07, 6.45) is 6.65. The number of hydrogen-bond donors (Lipinski definition) is 0. The minimum atomic E-state index is -0.304. The van der Waals surface area contributed by atoms with Crippen molar-refractivity contribution < 1.29 is 19.1 Å². The van der Waals surface area contributed by atoms with Gasteiger partial charge in [0.2, 0.25) is 0 Å². The van der Waals surface area contributed by atoms with Crippen molar-refractivity contribution in [2.75, 3.05) is 13.2 Å². The lowest BCUT2D eigenvalue weighted by atomic mass is 9.80. The minimum Gasteiger partial charge on any atom is -0.466 e. The molecule has 0 amide bonds. The van der Waals surface area contributed by atoms with E-state index in [-0.39, 0.29) is 11.9 Å². The maximum Gasteiger partial charge on any atom is 0.333 e. The van der Waals surface area contributed by atoms with E-state index in [9.17, 15) is 9.59 Å². The number of esters is 2. The first-order chi connectivity index (χ1) is 9.49. The van der Waals surface area contributed by atoms with Gasteiger partial charge in [0.05, 0.1) is 13.2 Å². The molecule has 4 heteroatoms. The van der Waals surface area contributed by atoms with E-state index >= 15 is 0 Å². The molecule has 1 aliphatic rings. The quantitative estimate of drug-likeness (QED) is 0.408. The highest BCUT2D eigenvalue weighted by Gasteiger charge is 2.22. The van der Waals surface area contributed by atoms with Crippen LogP contribution in [0.1, 0.15) is 52.4 Å². The van der Waals surface area contributed by atoms with Crippen molar-refractivity contribution in [2.45, 2.75) is 52.4 Å². The third-order valence-corrected chi connectivity index (χ3v) is 3.75. The van der Waals surface area contributed by atoms with Crippen LogP contribution in [0.4, 0.5) is 0 Å². The summed E-state index contributed by atoms with van der Waals surface area (Å²) in [5.41, 5.74) is 0.448. The number of carbonyl (C=O) groups excluding carboxylic acids is 2. The third kappa shape index (κ3) is 6.73. The Labute approximate surface area is 121 Å². The topological polar surface area (TPSA) is 52.6 Å². The molecule has 0 saturated heterocycles. The Morgan fingerprint density at radius 2 is 1.85 bits per heavy atom. The summed E-state index contributed by atoms with van der Waals surface area (Å²) in [6.45, 7) is 7.68. The molecule has 2 atom stereocenters. The van der Waals surface area contributed by atoms with Crippen LogP contribution >= 0.6 is 0 Å². The van der Waals surface area contributed by atoms with Gasteiger partial charge in [-0.2, -0.15) is 0 Å². The summed E-state index contributed by atoms with van der Waals surface area (Å²) in [5, 5.41) is 0. The average Bonchev–Trinajstić information content (AvgIpc) is 2.41. The van der Waals surface area contributed by atoms with Crippen molar-refractivity contribution in [1.29, 1.82) is 0 Å². The molecule has 4 nitrogen and oxygen atoms in total. The van der Waals surface area contributed by atoms with Gasteiger partial charge in [-0.3, -0.25) is 4.79 Å². The lowest BCUT2D eigenvalue weighted by Crippen LogP contribution is -2.21. The fourth-order valence-corrected chi connectivity index (χ4v) is 2.71. The van der Waals surface area contributed by atoms with Crippen LogP contribution in [0.3, 0.4) is 0 Å². The predicted molar refractivity (Wildman–Crippen MR) is 77.1 cm³/mol. The van der Waals surface area contributed by atoms with Gasteiger partial charge in [-0.25, -0.2) is 4.79 Å². The van der Waals surface area contributed by atoms with Gasteiger partial charge in [-0.1, -0.05) is 19.4 Å². The minimum absolute atomic E-state index is 0.196. The van der Waals surface area contributed by atoms with Crippen molar-refractivity contribution >= 4 is 11.9 Å². The maximum absolute atomic E-state index is 11.2. The summed E-state index contributed by atoms with van der Waals surface area (Å²) in [4.78, 5) is 22.0. The highest BCUT2D eigenvalue weighted by atomic mass is 16.5. The first-order valence-electron chi connectivity index (χ1n) is 7.45. The lowest BCUT2D eigenvalue weighted by Gasteiger charge is -2.28. The summed E-state index contributed by atoms with van der Waals surface area (Å²) in [5.74, 6) is 0.656. The molecule has 0 heterocycles. The van der Waals surface area contributed by atoms with E-state index in [1.165, 1.54) is 19.8 Å². The zero-order valence-electron chi connectivity index (χ0n) is 12.7.